The predicted octanol–water partition coefficient (Wildman–Crippen LogP) is 5.87. The summed E-state index contributed by atoms with van der Waals surface area (Å²) in [4.78, 5) is 4.84. The second-order valence-electron chi connectivity index (χ2n) is 8.18. The van der Waals surface area contributed by atoms with Crippen molar-refractivity contribution in [2.24, 2.45) is 16.8 Å². The van der Waals surface area contributed by atoms with Gasteiger partial charge < -0.3 is 5.11 Å². The first-order chi connectivity index (χ1) is 11.6. The van der Waals surface area contributed by atoms with E-state index in [1.807, 2.05) is 6.21 Å². The molecular weight excluding hydrogens is 448 g/mol. The molecule has 6 heteroatoms. The summed E-state index contributed by atoms with van der Waals surface area (Å²) in [7, 11) is 8.32. The van der Waals surface area contributed by atoms with Crippen LogP contribution in [0.15, 0.2) is 17.1 Å². The van der Waals surface area contributed by atoms with Crippen LogP contribution in [0, 0.1) is 18.8 Å². The summed E-state index contributed by atoms with van der Waals surface area (Å²) in [5.74, 6) is 1.83. The Morgan fingerprint density at radius 3 is 2.36 bits per heavy atom. The number of nitrogens with zero attached hydrogens (tertiary/aromatic N) is 1. The topological polar surface area (TPSA) is 32.6 Å². The molecule has 1 aliphatic carbocycles. The Hall–Kier alpha value is 0.370. The van der Waals surface area contributed by atoms with Gasteiger partial charge in [0.05, 0.1) is 14.1 Å². The normalized spacial score (nSPS) is 23.9. The summed E-state index contributed by atoms with van der Waals surface area (Å²) in [6.45, 7) is 13.6. The maximum atomic E-state index is 10.6. The third kappa shape index (κ3) is 7.13. The Labute approximate surface area is 173 Å². The molecule has 0 spiro atoms. The minimum absolute atomic E-state index is 0.402. The van der Waals surface area contributed by atoms with Gasteiger partial charge in [-0.05, 0) is 36.4 Å². The molecule has 0 aromatic heterocycles. The molecule has 1 saturated carbocycles. The van der Waals surface area contributed by atoms with Gasteiger partial charge in [0, 0.05) is 11.8 Å². The number of benzene rings is 1. The van der Waals surface area contributed by atoms with Crippen LogP contribution in [-0.4, -0.2) is 25.4 Å². The van der Waals surface area contributed by atoms with Gasteiger partial charge in [-0.1, -0.05) is 58.0 Å². The third-order valence-electron chi connectivity index (χ3n) is 5.16. The number of hydrogen-bond acceptors (Lipinski definition) is 2. The van der Waals surface area contributed by atoms with Gasteiger partial charge in [-0.25, -0.2) is 0 Å². The summed E-state index contributed by atoms with van der Waals surface area (Å²) in [5.41, 5.74) is 2.10. The molecule has 2 rings (SSSR count). The van der Waals surface area contributed by atoms with E-state index < -0.39 is 28.9 Å². The van der Waals surface area contributed by atoms with Crippen LogP contribution < -0.4 is 5.19 Å². The van der Waals surface area contributed by atoms with E-state index in [2.05, 4.69) is 52.5 Å². The molecule has 1 aromatic rings. The first kappa shape index (κ1) is 23.4. The van der Waals surface area contributed by atoms with E-state index in [9.17, 15) is 5.11 Å². The summed E-state index contributed by atoms with van der Waals surface area (Å²) in [6.07, 6.45) is 5.69. The first-order valence-corrected chi connectivity index (χ1v) is 18.8. The van der Waals surface area contributed by atoms with Crippen LogP contribution in [-0.2, 0) is 20.8 Å². The third-order valence-corrected chi connectivity index (χ3v) is 7.16. The van der Waals surface area contributed by atoms with Crippen LogP contribution in [0.2, 0.25) is 19.6 Å². The summed E-state index contributed by atoms with van der Waals surface area (Å²) in [5, 5.41) is 11.8. The van der Waals surface area contributed by atoms with E-state index in [0.29, 0.717) is 17.7 Å². The zero-order valence-electron chi connectivity index (χ0n) is 16.2. The number of phenolic OH excluding ortho intramolecular Hbond substituents is 1. The van der Waals surface area contributed by atoms with E-state index in [4.69, 9.17) is 22.0 Å². The molecule has 0 aliphatic heterocycles. The van der Waals surface area contributed by atoms with E-state index in [-0.39, 0.29) is 0 Å². The van der Waals surface area contributed by atoms with Gasteiger partial charge in [0.1, 0.15) is 5.75 Å². The second kappa shape index (κ2) is 10.6. The van der Waals surface area contributed by atoms with Gasteiger partial charge in [0.15, 0.2) is 0 Å². The molecule has 0 saturated heterocycles. The predicted molar refractivity (Wildman–Crippen MR) is 111 cm³/mol. The fourth-order valence-corrected chi connectivity index (χ4v) is 4.93. The first-order valence-electron chi connectivity index (χ1n) is 8.95. The van der Waals surface area contributed by atoms with Crippen molar-refractivity contribution in [1.29, 1.82) is 0 Å². The van der Waals surface area contributed by atoms with Crippen molar-refractivity contribution in [2.45, 2.75) is 65.7 Å². The molecule has 1 aromatic carbocycles. The Balaban J connectivity index is 0.000000970. The van der Waals surface area contributed by atoms with E-state index in [0.717, 1.165) is 16.7 Å². The van der Waals surface area contributed by atoms with Crippen LogP contribution in [0.5, 0.6) is 5.75 Å². The van der Waals surface area contributed by atoms with E-state index >= 15 is 0 Å². The zero-order chi connectivity index (χ0) is 19.2. The molecule has 140 valence electrons. The summed E-state index contributed by atoms with van der Waals surface area (Å²) < 4.78 is 0. The van der Waals surface area contributed by atoms with E-state index in [1.54, 1.807) is 0 Å². The molecule has 2 nitrogen and oxygen atoms in total. The Morgan fingerprint density at radius 2 is 1.80 bits per heavy atom. The van der Waals surface area contributed by atoms with Crippen molar-refractivity contribution in [3.05, 3.63) is 23.3 Å². The molecule has 0 radical (unpaired) electrons. The standard InChI is InChI=1S/C19H31NOSi.2ClH.Zr/c1-13-10-16(19(21)18(11-13)22(4,5)6)12-20-17-9-7-8-14(2)15(17)3;;;/h10-12,14-15,17,21H,7-9H2,1-6H3;2*1H;/q;;;+2/p-2. The summed E-state index contributed by atoms with van der Waals surface area (Å²) in [6, 6.07) is 4.60. The molecule has 1 aliphatic rings. The number of hydrogen-bond donors (Lipinski definition) is 1. The second-order valence-corrected chi connectivity index (χ2v) is 17.0. The maximum absolute atomic E-state index is 10.6. The number of halogens is 2. The Bertz CT molecular complexity index is 590. The molecular formula is C19H31Cl2NOSiZr. The van der Waals surface area contributed by atoms with Crippen LogP contribution in [0.25, 0.3) is 0 Å². The number of rotatable bonds is 3. The zero-order valence-corrected chi connectivity index (χ0v) is 21.2. The van der Waals surface area contributed by atoms with Crippen molar-refractivity contribution in [3.8, 4) is 5.75 Å². The number of aryl methyl sites for hydroxylation is 1. The van der Waals surface area contributed by atoms with Crippen LogP contribution in [0.1, 0.15) is 44.2 Å². The van der Waals surface area contributed by atoms with E-state index in [1.165, 1.54) is 24.8 Å². The molecule has 25 heavy (non-hydrogen) atoms. The molecule has 1 fully saturated rings. The SMILES string of the molecule is Cc1cc(C=NC2CCCC(C)C2C)c(O)c([Si](C)(C)C)c1.[Cl][Zr][Cl]. The Morgan fingerprint density at radius 1 is 1.20 bits per heavy atom. The monoisotopic (exact) mass is 477 g/mol. The summed E-state index contributed by atoms with van der Waals surface area (Å²) >= 11 is -0.826. The van der Waals surface area contributed by atoms with Gasteiger partial charge in [-0.15, -0.1) is 0 Å². The Kier molecular flexibility index (Phi) is 9.96. The van der Waals surface area contributed by atoms with Crippen molar-refractivity contribution in [3.63, 3.8) is 0 Å². The van der Waals surface area contributed by atoms with Gasteiger partial charge in [0.25, 0.3) is 0 Å². The van der Waals surface area contributed by atoms with Crippen molar-refractivity contribution < 1.29 is 26.0 Å². The number of aromatic hydroxyl groups is 1. The van der Waals surface area contributed by atoms with Crippen molar-refractivity contribution >= 4 is 36.5 Å². The molecule has 3 unspecified atom stereocenters. The molecule has 0 bridgehead atoms. The average molecular weight is 480 g/mol. The average Bonchev–Trinajstić information content (AvgIpc) is 2.51. The van der Waals surface area contributed by atoms with Gasteiger partial charge >= 0.3 is 37.9 Å². The quantitative estimate of drug-likeness (QED) is 0.427. The molecule has 0 amide bonds. The van der Waals surface area contributed by atoms with Gasteiger partial charge in [-0.2, -0.15) is 0 Å². The minimum atomic E-state index is -1.55. The van der Waals surface area contributed by atoms with Gasteiger partial charge in [-0.3, -0.25) is 4.99 Å². The fraction of sp³-hybridized carbons (Fsp3) is 0.632. The molecule has 0 heterocycles. The van der Waals surface area contributed by atoms with Crippen LogP contribution in [0.3, 0.4) is 0 Å². The van der Waals surface area contributed by atoms with Gasteiger partial charge in [0.2, 0.25) is 0 Å². The number of phenols is 1. The van der Waals surface area contributed by atoms with Crippen molar-refractivity contribution in [1.82, 2.24) is 0 Å². The van der Waals surface area contributed by atoms with Crippen molar-refractivity contribution in [2.75, 3.05) is 0 Å². The van der Waals surface area contributed by atoms with Crippen LogP contribution >= 0.6 is 17.0 Å². The molecule has 1 N–H and O–H groups in total. The molecule has 3 atom stereocenters. The fourth-order valence-electron chi connectivity index (χ4n) is 3.42. The van der Waals surface area contributed by atoms with Crippen LogP contribution in [0.4, 0.5) is 0 Å². The number of aliphatic imine (C=N–C) groups is 1.